The van der Waals surface area contributed by atoms with Crippen LogP contribution in [0.5, 0.6) is 5.75 Å². The summed E-state index contributed by atoms with van der Waals surface area (Å²) in [7, 11) is -3.25. The van der Waals surface area contributed by atoms with Crippen LogP contribution in [0.2, 0.25) is 0 Å². The van der Waals surface area contributed by atoms with Crippen molar-refractivity contribution in [3.8, 4) is 5.75 Å². The Morgan fingerprint density at radius 2 is 1.92 bits per heavy atom. The molecule has 1 saturated heterocycles. The largest absolute Gasteiger partial charge is 0.484 e. The molecule has 26 heavy (non-hydrogen) atoms. The SMILES string of the molecule is Cc1cc(NC(=O)COc2ccccc2)ccc1N1CCCCS1(=O)=O. The Labute approximate surface area is 153 Å². The first-order valence-corrected chi connectivity index (χ1v) is 10.2. The first-order valence-electron chi connectivity index (χ1n) is 8.54. The Morgan fingerprint density at radius 1 is 1.15 bits per heavy atom. The van der Waals surface area contributed by atoms with Crippen molar-refractivity contribution in [3.05, 3.63) is 54.1 Å². The summed E-state index contributed by atoms with van der Waals surface area (Å²) in [5.41, 5.74) is 2.09. The number of amides is 1. The molecule has 2 aromatic rings. The fourth-order valence-electron chi connectivity index (χ4n) is 2.94. The molecule has 1 amide bonds. The van der Waals surface area contributed by atoms with Gasteiger partial charge in [-0.2, -0.15) is 0 Å². The van der Waals surface area contributed by atoms with Crippen LogP contribution in [-0.2, 0) is 14.8 Å². The van der Waals surface area contributed by atoms with E-state index in [-0.39, 0.29) is 18.3 Å². The molecule has 6 nitrogen and oxygen atoms in total. The molecule has 0 spiro atoms. The molecule has 0 radical (unpaired) electrons. The fraction of sp³-hybridized carbons (Fsp3) is 0.316. The summed E-state index contributed by atoms with van der Waals surface area (Å²) in [5, 5.41) is 2.77. The summed E-state index contributed by atoms with van der Waals surface area (Å²) in [4.78, 5) is 12.0. The van der Waals surface area contributed by atoms with E-state index in [1.165, 1.54) is 4.31 Å². The minimum absolute atomic E-state index is 0.0919. The van der Waals surface area contributed by atoms with Crippen molar-refractivity contribution >= 4 is 27.3 Å². The van der Waals surface area contributed by atoms with E-state index >= 15 is 0 Å². The molecule has 0 aliphatic carbocycles. The number of carbonyl (C=O) groups excluding carboxylic acids is 1. The van der Waals surface area contributed by atoms with E-state index in [1.807, 2.05) is 25.1 Å². The average molecular weight is 374 g/mol. The summed E-state index contributed by atoms with van der Waals surface area (Å²) in [6, 6.07) is 14.4. The number of nitrogens with zero attached hydrogens (tertiary/aromatic N) is 1. The van der Waals surface area contributed by atoms with Gasteiger partial charge in [-0.05, 0) is 55.7 Å². The summed E-state index contributed by atoms with van der Waals surface area (Å²) in [6.45, 7) is 2.25. The predicted molar refractivity (Wildman–Crippen MR) is 102 cm³/mol. The maximum atomic E-state index is 12.3. The van der Waals surface area contributed by atoms with Crippen LogP contribution in [0.1, 0.15) is 18.4 Å². The topological polar surface area (TPSA) is 75.7 Å². The molecule has 138 valence electrons. The van der Waals surface area contributed by atoms with E-state index in [1.54, 1.807) is 30.3 Å². The Morgan fingerprint density at radius 3 is 2.62 bits per heavy atom. The predicted octanol–water partition coefficient (Wildman–Crippen LogP) is 2.94. The second-order valence-electron chi connectivity index (χ2n) is 6.25. The number of carbonyl (C=O) groups is 1. The van der Waals surface area contributed by atoms with Crippen molar-refractivity contribution in [1.29, 1.82) is 0 Å². The lowest BCUT2D eigenvalue weighted by molar-refractivity contribution is -0.118. The zero-order valence-electron chi connectivity index (χ0n) is 14.6. The molecule has 0 aromatic heterocycles. The highest BCUT2D eigenvalue weighted by Crippen LogP contribution is 2.28. The highest BCUT2D eigenvalue weighted by atomic mass is 32.2. The minimum atomic E-state index is -3.25. The van der Waals surface area contributed by atoms with Gasteiger partial charge in [0, 0.05) is 12.2 Å². The van der Waals surface area contributed by atoms with Crippen molar-refractivity contribution in [2.75, 3.05) is 28.5 Å². The number of ether oxygens (including phenoxy) is 1. The number of hydrogen-bond acceptors (Lipinski definition) is 4. The molecule has 1 aliphatic rings. The molecule has 1 heterocycles. The quantitative estimate of drug-likeness (QED) is 0.873. The molecule has 2 aromatic carbocycles. The Bertz CT molecular complexity index is 882. The van der Waals surface area contributed by atoms with Gasteiger partial charge in [-0.1, -0.05) is 18.2 Å². The lowest BCUT2D eigenvalue weighted by atomic mass is 10.1. The smallest absolute Gasteiger partial charge is 0.262 e. The van der Waals surface area contributed by atoms with Crippen LogP contribution >= 0.6 is 0 Å². The normalized spacial score (nSPS) is 16.1. The molecule has 3 rings (SSSR count). The molecule has 0 atom stereocenters. The Kier molecular flexibility index (Phi) is 5.46. The van der Waals surface area contributed by atoms with Crippen molar-refractivity contribution in [3.63, 3.8) is 0 Å². The second kappa shape index (κ2) is 7.78. The van der Waals surface area contributed by atoms with Gasteiger partial charge in [-0.15, -0.1) is 0 Å². The number of benzene rings is 2. The maximum absolute atomic E-state index is 12.3. The van der Waals surface area contributed by atoms with Gasteiger partial charge in [0.1, 0.15) is 5.75 Å². The van der Waals surface area contributed by atoms with Crippen LogP contribution in [0.15, 0.2) is 48.5 Å². The summed E-state index contributed by atoms with van der Waals surface area (Å²) in [6.07, 6.45) is 1.56. The molecular weight excluding hydrogens is 352 g/mol. The van der Waals surface area contributed by atoms with Gasteiger partial charge in [-0.3, -0.25) is 9.10 Å². The van der Waals surface area contributed by atoms with E-state index in [0.29, 0.717) is 30.1 Å². The highest BCUT2D eigenvalue weighted by molar-refractivity contribution is 7.92. The maximum Gasteiger partial charge on any atom is 0.262 e. The third kappa shape index (κ3) is 4.35. The van der Waals surface area contributed by atoms with E-state index in [0.717, 1.165) is 12.0 Å². The van der Waals surface area contributed by atoms with Gasteiger partial charge in [-0.25, -0.2) is 8.42 Å². The summed E-state index contributed by atoms with van der Waals surface area (Å²) in [5.74, 6) is 0.540. The van der Waals surface area contributed by atoms with Crippen LogP contribution in [0.25, 0.3) is 0 Å². The highest BCUT2D eigenvalue weighted by Gasteiger charge is 2.27. The van der Waals surface area contributed by atoms with Crippen molar-refractivity contribution in [1.82, 2.24) is 0 Å². The van der Waals surface area contributed by atoms with E-state index in [9.17, 15) is 13.2 Å². The first kappa shape index (κ1) is 18.3. The van der Waals surface area contributed by atoms with Gasteiger partial charge in [0.05, 0.1) is 11.4 Å². The number of nitrogens with one attached hydrogen (secondary N) is 1. The third-order valence-corrected chi connectivity index (χ3v) is 6.07. The van der Waals surface area contributed by atoms with Gasteiger partial charge < -0.3 is 10.1 Å². The first-order chi connectivity index (χ1) is 12.5. The van der Waals surface area contributed by atoms with E-state index < -0.39 is 10.0 Å². The lowest BCUT2D eigenvalue weighted by Crippen LogP contribution is -2.38. The molecule has 0 unspecified atom stereocenters. The van der Waals surface area contributed by atoms with Gasteiger partial charge in [0.15, 0.2) is 6.61 Å². The van der Waals surface area contributed by atoms with E-state index in [2.05, 4.69) is 5.32 Å². The molecule has 0 saturated carbocycles. The second-order valence-corrected chi connectivity index (χ2v) is 8.26. The van der Waals surface area contributed by atoms with Crippen LogP contribution in [0.4, 0.5) is 11.4 Å². The lowest BCUT2D eigenvalue weighted by Gasteiger charge is -2.29. The number of rotatable bonds is 5. The van der Waals surface area contributed by atoms with Gasteiger partial charge >= 0.3 is 0 Å². The molecule has 7 heteroatoms. The summed E-state index contributed by atoms with van der Waals surface area (Å²) >= 11 is 0. The van der Waals surface area contributed by atoms with E-state index in [4.69, 9.17) is 4.74 Å². The molecule has 1 fully saturated rings. The number of sulfonamides is 1. The minimum Gasteiger partial charge on any atom is -0.484 e. The van der Waals surface area contributed by atoms with Crippen LogP contribution in [-0.4, -0.2) is 33.2 Å². The van der Waals surface area contributed by atoms with Crippen molar-refractivity contribution < 1.29 is 17.9 Å². The molecule has 1 N–H and O–H groups in total. The van der Waals surface area contributed by atoms with Crippen molar-refractivity contribution in [2.24, 2.45) is 0 Å². The number of anilines is 2. The zero-order valence-corrected chi connectivity index (χ0v) is 15.5. The van der Waals surface area contributed by atoms with Gasteiger partial charge in [0.2, 0.25) is 10.0 Å². The third-order valence-electron chi connectivity index (χ3n) is 4.21. The molecule has 1 aliphatic heterocycles. The standard InChI is InChI=1S/C19H22N2O4S/c1-15-13-16(20-19(22)14-25-17-7-3-2-4-8-17)9-10-18(15)21-11-5-6-12-26(21,23)24/h2-4,7-10,13H,5-6,11-12,14H2,1H3,(H,20,22). The van der Waals surface area contributed by atoms with Gasteiger partial charge in [0.25, 0.3) is 5.91 Å². The number of para-hydroxylation sites is 1. The van der Waals surface area contributed by atoms with Crippen LogP contribution in [0.3, 0.4) is 0 Å². The fourth-order valence-corrected chi connectivity index (χ4v) is 4.64. The number of hydrogen-bond donors (Lipinski definition) is 1. The zero-order chi connectivity index (χ0) is 18.6. The van der Waals surface area contributed by atoms with Crippen LogP contribution in [0, 0.1) is 6.92 Å². The van der Waals surface area contributed by atoms with Crippen LogP contribution < -0.4 is 14.4 Å². The number of aryl methyl sites for hydroxylation is 1. The Hall–Kier alpha value is -2.54. The monoisotopic (exact) mass is 374 g/mol. The Balaban J connectivity index is 1.65. The summed E-state index contributed by atoms with van der Waals surface area (Å²) < 4.78 is 31.4. The molecule has 0 bridgehead atoms. The average Bonchev–Trinajstić information content (AvgIpc) is 2.61. The molecular formula is C19H22N2O4S. The van der Waals surface area contributed by atoms with Crippen molar-refractivity contribution in [2.45, 2.75) is 19.8 Å².